The molecule has 0 unspecified atom stereocenters. The fourth-order valence-electron chi connectivity index (χ4n) is 1.88. The van der Waals surface area contributed by atoms with Crippen molar-refractivity contribution in [3.63, 3.8) is 0 Å². The van der Waals surface area contributed by atoms with Gasteiger partial charge in [-0.3, -0.25) is 4.79 Å². The summed E-state index contributed by atoms with van der Waals surface area (Å²) in [4.78, 5) is 11.3. The molecule has 1 heterocycles. The Morgan fingerprint density at radius 2 is 2.06 bits per heavy atom. The molecule has 2 atom stereocenters. The Bertz CT molecular complexity index is 433. The topological polar surface area (TPSA) is 47.6 Å². The first-order chi connectivity index (χ1) is 8.61. The summed E-state index contributed by atoms with van der Waals surface area (Å²) in [6.45, 7) is 0.341. The second kappa shape index (κ2) is 5.30. The minimum Gasteiger partial charge on any atom is -0.483 e. The third kappa shape index (κ3) is 2.59. The lowest BCUT2D eigenvalue weighted by molar-refractivity contribution is -0.142. The Labute approximate surface area is 103 Å². The summed E-state index contributed by atoms with van der Waals surface area (Å²) < 4.78 is 36.5. The Balaban J connectivity index is 2.02. The number of hydrogen-bond donors (Lipinski definition) is 1. The van der Waals surface area contributed by atoms with E-state index in [-0.39, 0.29) is 0 Å². The van der Waals surface area contributed by atoms with Crippen LogP contribution >= 0.6 is 0 Å². The number of rotatable bonds is 3. The smallest absolute Gasteiger partial charge is 0.323 e. The highest BCUT2D eigenvalue weighted by atomic mass is 19.1. The zero-order valence-corrected chi connectivity index (χ0v) is 9.78. The van der Waals surface area contributed by atoms with Gasteiger partial charge < -0.3 is 14.8 Å². The maximum atomic E-state index is 13.3. The average Bonchev–Trinajstić information content (AvgIpc) is 2.81. The van der Waals surface area contributed by atoms with E-state index in [4.69, 9.17) is 4.74 Å². The lowest BCUT2D eigenvalue weighted by atomic mass is 10.2. The molecular formula is C12H13F2NO3. The minimum absolute atomic E-state index is 0.320. The minimum atomic E-state index is -0.753. The quantitative estimate of drug-likeness (QED) is 0.828. The van der Waals surface area contributed by atoms with Crippen LogP contribution in [0.15, 0.2) is 18.2 Å². The van der Waals surface area contributed by atoms with E-state index in [2.05, 4.69) is 10.1 Å². The lowest BCUT2D eigenvalue weighted by Gasteiger charge is -2.13. The molecule has 1 aliphatic heterocycles. The van der Waals surface area contributed by atoms with Crippen LogP contribution < -0.4 is 10.1 Å². The van der Waals surface area contributed by atoms with Crippen molar-refractivity contribution in [3.8, 4) is 5.75 Å². The van der Waals surface area contributed by atoms with Gasteiger partial charge in [-0.1, -0.05) is 6.07 Å². The Morgan fingerprint density at radius 1 is 1.39 bits per heavy atom. The van der Waals surface area contributed by atoms with Crippen LogP contribution in [-0.4, -0.2) is 31.8 Å². The normalized spacial score (nSPS) is 22.8. The number of hydrogen-bond acceptors (Lipinski definition) is 4. The van der Waals surface area contributed by atoms with Crippen molar-refractivity contribution in [1.82, 2.24) is 5.32 Å². The molecule has 1 N–H and O–H groups in total. The molecule has 0 aliphatic carbocycles. The highest BCUT2D eigenvalue weighted by Gasteiger charge is 2.32. The number of para-hydroxylation sites is 1. The van der Waals surface area contributed by atoms with Crippen LogP contribution in [0.4, 0.5) is 8.78 Å². The standard InChI is InChI=1S/C12H13F2NO3/c1-17-12(16)10-5-7(6-15-10)18-11-8(13)3-2-4-9(11)14/h2-4,7,10,15H,5-6H2,1H3/t7-,10-/m0/s1. The molecule has 0 aromatic heterocycles. The Morgan fingerprint density at radius 3 is 2.67 bits per heavy atom. The zero-order valence-electron chi connectivity index (χ0n) is 9.78. The molecule has 18 heavy (non-hydrogen) atoms. The second-order valence-electron chi connectivity index (χ2n) is 4.01. The maximum Gasteiger partial charge on any atom is 0.323 e. The molecule has 1 aromatic carbocycles. The molecule has 6 heteroatoms. The maximum absolute atomic E-state index is 13.3. The molecule has 2 rings (SSSR count). The van der Waals surface area contributed by atoms with Crippen LogP contribution in [-0.2, 0) is 9.53 Å². The fraction of sp³-hybridized carbons (Fsp3) is 0.417. The van der Waals surface area contributed by atoms with E-state index in [9.17, 15) is 13.6 Å². The molecule has 1 aromatic rings. The number of benzene rings is 1. The van der Waals surface area contributed by atoms with E-state index in [1.807, 2.05) is 0 Å². The average molecular weight is 257 g/mol. The highest BCUT2D eigenvalue weighted by molar-refractivity contribution is 5.76. The molecule has 0 radical (unpaired) electrons. The Kier molecular flexibility index (Phi) is 3.76. The monoisotopic (exact) mass is 257 g/mol. The van der Waals surface area contributed by atoms with E-state index in [0.717, 1.165) is 12.1 Å². The van der Waals surface area contributed by atoms with Crippen LogP contribution in [0.2, 0.25) is 0 Å². The van der Waals surface area contributed by atoms with Crippen LogP contribution in [0, 0.1) is 11.6 Å². The molecule has 1 saturated heterocycles. The summed E-state index contributed by atoms with van der Waals surface area (Å²) in [6.07, 6.45) is -0.138. The summed E-state index contributed by atoms with van der Waals surface area (Å²) >= 11 is 0. The molecule has 4 nitrogen and oxygen atoms in total. The highest BCUT2D eigenvalue weighted by Crippen LogP contribution is 2.24. The lowest BCUT2D eigenvalue weighted by Crippen LogP contribution is -2.31. The van der Waals surface area contributed by atoms with Crippen LogP contribution in [0.1, 0.15) is 6.42 Å². The number of esters is 1. The number of nitrogens with one attached hydrogen (secondary N) is 1. The van der Waals surface area contributed by atoms with Gasteiger partial charge in [-0.05, 0) is 12.1 Å². The van der Waals surface area contributed by atoms with E-state index in [0.29, 0.717) is 13.0 Å². The number of carbonyl (C=O) groups is 1. The molecule has 0 saturated carbocycles. The number of methoxy groups -OCH3 is 1. The SMILES string of the molecule is COC(=O)[C@@H]1C[C@H](Oc2c(F)cccc2F)CN1. The van der Waals surface area contributed by atoms with E-state index >= 15 is 0 Å². The van der Waals surface area contributed by atoms with Crippen LogP contribution in [0.25, 0.3) is 0 Å². The summed E-state index contributed by atoms with van der Waals surface area (Å²) in [7, 11) is 1.29. The molecule has 0 bridgehead atoms. The summed E-state index contributed by atoms with van der Waals surface area (Å²) in [5, 5.41) is 2.87. The molecule has 0 spiro atoms. The second-order valence-corrected chi connectivity index (χ2v) is 4.01. The third-order valence-electron chi connectivity index (χ3n) is 2.78. The van der Waals surface area contributed by atoms with Gasteiger partial charge in [0.1, 0.15) is 12.1 Å². The van der Waals surface area contributed by atoms with Crippen molar-refractivity contribution in [2.75, 3.05) is 13.7 Å². The summed E-state index contributed by atoms with van der Waals surface area (Å²) in [5.74, 6) is -2.32. The van der Waals surface area contributed by atoms with Gasteiger partial charge in [-0.15, -0.1) is 0 Å². The predicted molar refractivity (Wildman–Crippen MR) is 59.2 cm³/mol. The number of carbonyl (C=O) groups excluding carboxylic acids is 1. The first kappa shape index (κ1) is 12.8. The first-order valence-corrected chi connectivity index (χ1v) is 5.53. The van der Waals surface area contributed by atoms with Crippen molar-refractivity contribution < 1.29 is 23.0 Å². The van der Waals surface area contributed by atoms with Gasteiger partial charge in [0.25, 0.3) is 0 Å². The van der Waals surface area contributed by atoms with Gasteiger partial charge in [-0.2, -0.15) is 0 Å². The van der Waals surface area contributed by atoms with Crippen molar-refractivity contribution in [2.45, 2.75) is 18.6 Å². The van der Waals surface area contributed by atoms with Gasteiger partial charge in [0.05, 0.1) is 7.11 Å². The Hall–Kier alpha value is -1.69. The molecule has 98 valence electrons. The van der Waals surface area contributed by atoms with Gasteiger partial charge in [0.2, 0.25) is 0 Å². The largest absolute Gasteiger partial charge is 0.483 e. The van der Waals surface area contributed by atoms with Gasteiger partial charge in [0, 0.05) is 13.0 Å². The zero-order chi connectivity index (χ0) is 13.1. The number of halogens is 2. The summed E-state index contributed by atoms with van der Waals surface area (Å²) in [6, 6.07) is 3.02. The predicted octanol–water partition coefficient (Wildman–Crippen LogP) is 1.25. The third-order valence-corrected chi connectivity index (χ3v) is 2.78. The first-order valence-electron chi connectivity index (χ1n) is 5.53. The molecule has 1 fully saturated rings. The van der Waals surface area contributed by atoms with Crippen LogP contribution in [0.3, 0.4) is 0 Å². The van der Waals surface area contributed by atoms with Crippen molar-refractivity contribution >= 4 is 5.97 Å². The van der Waals surface area contributed by atoms with E-state index in [1.165, 1.54) is 13.2 Å². The van der Waals surface area contributed by atoms with Crippen molar-refractivity contribution in [3.05, 3.63) is 29.8 Å². The molecule has 0 amide bonds. The van der Waals surface area contributed by atoms with Gasteiger partial charge in [0.15, 0.2) is 17.4 Å². The van der Waals surface area contributed by atoms with E-state index < -0.39 is 35.5 Å². The fourth-order valence-corrected chi connectivity index (χ4v) is 1.88. The number of ether oxygens (including phenoxy) is 2. The van der Waals surface area contributed by atoms with Gasteiger partial charge >= 0.3 is 5.97 Å². The summed E-state index contributed by atoms with van der Waals surface area (Å²) in [5.41, 5.74) is 0. The van der Waals surface area contributed by atoms with E-state index in [1.54, 1.807) is 0 Å². The van der Waals surface area contributed by atoms with Gasteiger partial charge in [-0.25, -0.2) is 8.78 Å². The molecule has 1 aliphatic rings. The van der Waals surface area contributed by atoms with Crippen LogP contribution in [0.5, 0.6) is 5.75 Å². The molecular weight excluding hydrogens is 244 g/mol. The van der Waals surface area contributed by atoms with Crippen molar-refractivity contribution in [1.29, 1.82) is 0 Å². The van der Waals surface area contributed by atoms with Crippen molar-refractivity contribution in [2.24, 2.45) is 0 Å².